The van der Waals surface area contributed by atoms with Gasteiger partial charge in [0.1, 0.15) is 0 Å². The molecule has 0 amide bonds. The van der Waals surface area contributed by atoms with E-state index in [1.165, 1.54) is 44.9 Å². The second kappa shape index (κ2) is 13.0. The van der Waals surface area contributed by atoms with Crippen LogP contribution in [0.5, 0.6) is 0 Å². The van der Waals surface area contributed by atoms with Crippen LogP contribution in [-0.2, 0) is 9.47 Å². The smallest absolute Gasteiger partial charge is 0.0575 e. The summed E-state index contributed by atoms with van der Waals surface area (Å²) in [5, 5.41) is 0. The highest BCUT2D eigenvalue weighted by Gasteiger charge is 2.06. The molecule has 0 N–H and O–H groups in total. The van der Waals surface area contributed by atoms with Crippen molar-refractivity contribution in [3.63, 3.8) is 0 Å². The fraction of sp³-hybridized carbons (Fsp3) is 1.00. The van der Waals surface area contributed by atoms with E-state index in [9.17, 15) is 0 Å². The van der Waals surface area contributed by atoms with Crippen molar-refractivity contribution in [3.05, 3.63) is 0 Å². The third kappa shape index (κ3) is 10.4. The molecule has 0 saturated heterocycles. The molecule has 0 aromatic carbocycles. The molecule has 0 saturated carbocycles. The van der Waals surface area contributed by atoms with Crippen LogP contribution in [0.2, 0.25) is 0 Å². The predicted octanol–water partition coefficient (Wildman–Crippen LogP) is 4.18. The summed E-state index contributed by atoms with van der Waals surface area (Å²) >= 11 is 0. The SMILES string of the molecule is CCCCC(CCCCCOCC)OCC. The fourth-order valence-electron chi connectivity index (χ4n) is 1.88. The number of ether oxygens (including phenoxy) is 2. The topological polar surface area (TPSA) is 18.5 Å². The summed E-state index contributed by atoms with van der Waals surface area (Å²) < 4.78 is 11.1. The zero-order valence-corrected chi connectivity index (χ0v) is 11.5. The van der Waals surface area contributed by atoms with Crippen molar-refractivity contribution in [1.29, 1.82) is 0 Å². The molecule has 1 atom stereocenters. The van der Waals surface area contributed by atoms with Crippen LogP contribution in [0.3, 0.4) is 0 Å². The molecule has 0 aromatic rings. The highest BCUT2D eigenvalue weighted by molar-refractivity contribution is 4.58. The first-order valence-electron chi connectivity index (χ1n) is 7.04. The van der Waals surface area contributed by atoms with Crippen molar-refractivity contribution < 1.29 is 9.47 Å². The van der Waals surface area contributed by atoms with Gasteiger partial charge in [0.15, 0.2) is 0 Å². The van der Waals surface area contributed by atoms with E-state index in [4.69, 9.17) is 9.47 Å². The third-order valence-electron chi connectivity index (χ3n) is 2.80. The molecule has 0 aliphatic carbocycles. The predicted molar refractivity (Wildman–Crippen MR) is 69.9 cm³/mol. The van der Waals surface area contributed by atoms with Gasteiger partial charge in [0.2, 0.25) is 0 Å². The van der Waals surface area contributed by atoms with Gasteiger partial charge >= 0.3 is 0 Å². The zero-order chi connectivity index (χ0) is 12.1. The minimum atomic E-state index is 0.497. The molecule has 0 aromatic heterocycles. The van der Waals surface area contributed by atoms with Crippen molar-refractivity contribution in [2.75, 3.05) is 19.8 Å². The van der Waals surface area contributed by atoms with Gasteiger partial charge in [-0.05, 0) is 33.1 Å². The van der Waals surface area contributed by atoms with E-state index >= 15 is 0 Å². The number of unbranched alkanes of at least 4 members (excludes halogenated alkanes) is 3. The number of rotatable bonds is 12. The second-order valence-electron chi connectivity index (χ2n) is 4.27. The maximum atomic E-state index is 5.74. The average Bonchev–Trinajstić information content (AvgIpc) is 2.30. The summed E-state index contributed by atoms with van der Waals surface area (Å²) in [6, 6.07) is 0. The monoisotopic (exact) mass is 230 g/mol. The van der Waals surface area contributed by atoms with Gasteiger partial charge in [-0.15, -0.1) is 0 Å². The zero-order valence-electron chi connectivity index (χ0n) is 11.5. The van der Waals surface area contributed by atoms with Crippen LogP contribution >= 0.6 is 0 Å². The Kier molecular flexibility index (Phi) is 12.9. The Morgan fingerprint density at radius 1 is 0.812 bits per heavy atom. The van der Waals surface area contributed by atoms with Crippen molar-refractivity contribution in [2.45, 2.75) is 71.8 Å². The lowest BCUT2D eigenvalue weighted by Gasteiger charge is -2.16. The normalized spacial score (nSPS) is 12.9. The summed E-state index contributed by atoms with van der Waals surface area (Å²) in [5.74, 6) is 0. The molecule has 0 aliphatic heterocycles. The first-order chi connectivity index (χ1) is 7.85. The Morgan fingerprint density at radius 2 is 1.56 bits per heavy atom. The summed E-state index contributed by atoms with van der Waals surface area (Å²) in [7, 11) is 0. The molecule has 98 valence electrons. The number of hydrogen-bond acceptors (Lipinski definition) is 2. The second-order valence-corrected chi connectivity index (χ2v) is 4.27. The molecule has 16 heavy (non-hydrogen) atoms. The highest BCUT2D eigenvalue weighted by atomic mass is 16.5. The van der Waals surface area contributed by atoms with E-state index in [1.54, 1.807) is 0 Å². The molecule has 0 fully saturated rings. The molecular formula is C14H30O2. The van der Waals surface area contributed by atoms with E-state index < -0.39 is 0 Å². The Labute approximate surface area is 102 Å². The first kappa shape index (κ1) is 15.9. The van der Waals surface area contributed by atoms with Crippen molar-refractivity contribution >= 4 is 0 Å². The molecule has 2 heteroatoms. The van der Waals surface area contributed by atoms with Crippen molar-refractivity contribution in [3.8, 4) is 0 Å². The van der Waals surface area contributed by atoms with Gasteiger partial charge in [-0.3, -0.25) is 0 Å². The molecule has 0 aliphatic rings. The minimum absolute atomic E-state index is 0.497. The maximum Gasteiger partial charge on any atom is 0.0575 e. The standard InChI is InChI=1S/C14H30O2/c1-4-7-11-14(16-6-3)12-9-8-10-13-15-5-2/h14H,4-13H2,1-3H3. The van der Waals surface area contributed by atoms with Crippen LogP contribution in [0.4, 0.5) is 0 Å². The van der Waals surface area contributed by atoms with Gasteiger partial charge in [0.05, 0.1) is 6.10 Å². The van der Waals surface area contributed by atoms with Gasteiger partial charge in [0.25, 0.3) is 0 Å². The van der Waals surface area contributed by atoms with E-state index in [2.05, 4.69) is 20.8 Å². The first-order valence-corrected chi connectivity index (χ1v) is 7.04. The van der Waals surface area contributed by atoms with Crippen LogP contribution in [0.25, 0.3) is 0 Å². The van der Waals surface area contributed by atoms with Crippen molar-refractivity contribution in [1.82, 2.24) is 0 Å². The summed E-state index contributed by atoms with van der Waals surface area (Å²) in [5.41, 5.74) is 0. The molecule has 0 bridgehead atoms. The van der Waals surface area contributed by atoms with E-state index in [0.29, 0.717) is 6.10 Å². The Morgan fingerprint density at radius 3 is 2.19 bits per heavy atom. The molecule has 0 rings (SSSR count). The molecule has 0 heterocycles. The van der Waals surface area contributed by atoms with Crippen LogP contribution in [0.1, 0.15) is 65.7 Å². The van der Waals surface area contributed by atoms with E-state index in [1.807, 2.05) is 0 Å². The van der Waals surface area contributed by atoms with Crippen molar-refractivity contribution in [2.24, 2.45) is 0 Å². The van der Waals surface area contributed by atoms with Crippen LogP contribution in [0, 0.1) is 0 Å². The quantitative estimate of drug-likeness (QED) is 0.468. The van der Waals surface area contributed by atoms with Gasteiger partial charge in [0, 0.05) is 19.8 Å². The largest absolute Gasteiger partial charge is 0.382 e. The fourth-order valence-corrected chi connectivity index (χ4v) is 1.88. The lowest BCUT2D eigenvalue weighted by atomic mass is 10.1. The summed E-state index contributed by atoms with van der Waals surface area (Å²) in [6.45, 7) is 9.01. The number of hydrogen-bond donors (Lipinski definition) is 0. The lowest BCUT2D eigenvalue weighted by molar-refractivity contribution is 0.0467. The molecular weight excluding hydrogens is 200 g/mol. The Hall–Kier alpha value is -0.0800. The average molecular weight is 230 g/mol. The minimum Gasteiger partial charge on any atom is -0.382 e. The van der Waals surface area contributed by atoms with Gasteiger partial charge in [-0.1, -0.05) is 32.6 Å². The summed E-state index contributed by atoms with van der Waals surface area (Å²) in [6.07, 6.45) is 9.27. The third-order valence-corrected chi connectivity index (χ3v) is 2.80. The highest BCUT2D eigenvalue weighted by Crippen LogP contribution is 2.13. The van der Waals surface area contributed by atoms with Gasteiger partial charge in [-0.25, -0.2) is 0 Å². The molecule has 1 unspecified atom stereocenters. The Balaban J connectivity index is 3.36. The van der Waals surface area contributed by atoms with Crippen LogP contribution in [-0.4, -0.2) is 25.9 Å². The Bertz CT molecular complexity index is 126. The molecule has 2 nitrogen and oxygen atoms in total. The molecule has 0 spiro atoms. The van der Waals surface area contributed by atoms with Gasteiger partial charge < -0.3 is 9.47 Å². The maximum absolute atomic E-state index is 5.74. The van der Waals surface area contributed by atoms with E-state index in [-0.39, 0.29) is 0 Å². The summed E-state index contributed by atoms with van der Waals surface area (Å²) in [4.78, 5) is 0. The van der Waals surface area contributed by atoms with E-state index in [0.717, 1.165) is 19.8 Å². The van der Waals surface area contributed by atoms with Crippen LogP contribution < -0.4 is 0 Å². The van der Waals surface area contributed by atoms with Crippen LogP contribution in [0.15, 0.2) is 0 Å². The lowest BCUT2D eigenvalue weighted by Crippen LogP contribution is -2.12. The van der Waals surface area contributed by atoms with Gasteiger partial charge in [-0.2, -0.15) is 0 Å². The molecule has 0 radical (unpaired) electrons.